The van der Waals surface area contributed by atoms with E-state index in [-0.39, 0.29) is 5.91 Å². The Labute approximate surface area is 106 Å². The lowest BCUT2D eigenvalue weighted by Gasteiger charge is -2.34. The Morgan fingerprint density at radius 2 is 2.22 bits per heavy atom. The second kappa shape index (κ2) is 5.30. The second-order valence-corrected chi connectivity index (χ2v) is 4.66. The number of aromatic nitrogens is 2. The van der Waals surface area contributed by atoms with Gasteiger partial charge in [0.2, 0.25) is 5.91 Å². The molecule has 0 radical (unpaired) electrons. The number of ether oxygens (including phenoxy) is 1. The van der Waals surface area contributed by atoms with Crippen LogP contribution in [0, 0.1) is 12.3 Å². The predicted octanol–water partition coefficient (Wildman–Crippen LogP) is 0.479. The van der Waals surface area contributed by atoms with Crippen LogP contribution in [0.4, 0.5) is 5.82 Å². The van der Waals surface area contributed by atoms with Crippen LogP contribution in [0.1, 0.15) is 18.5 Å². The van der Waals surface area contributed by atoms with Crippen LogP contribution in [-0.4, -0.2) is 35.6 Å². The first-order chi connectivity index (χ1) is 8.62. The summed E-state index contributed by atoms with van der Waals surface area (Å²) in [5, 5.41) is 3.17. The van der Waals surface area contributed by atoms with Gasteiger partial charge in [0.25, 0.3) is 0 Å². The third-order valence-electron chi connectivity index (χ3n) is 3.38. The van der Waals surface area contributed by atoms with Gasteiger partial charge < -0.3 is 15.8 Å². The standard InChI is InChI=1S/C12H18N4O2/c1-9-6-10(16-8-15-9)14-7-12(11(13)17)2-4-18-5-3-12/h6,8H,2-5,7H2,1H3,(H2,13,17)(H,14,15,16). The largest absolute Gasteiger partial charge is 0.381 e. The first kappa shape index (κ1) is 12.8. The fourth-order valence-corrected chi connectivity index (χ4v) is 2.08. The van der Waals surface area contributed by atoms with Crippen LogP contribution in [-0.2, 0) is 9.53 Å². The van der Waals surface area contributed by atoms with Crippen LogP contribution in [0.5, 0.6) is 0 Å². The molecule has 1 fully saturated rings. The van der Waals surface area contributed by atoms with Crippen LogP contribution in [0.25, 0.3) is 0 Å². The molecule has 98 valence electrons. The Balaban J connectivity index is 2.04. The van der Waals surface area contributed by atoms with Crippen LogP contribution in [0.2, 0.25) is 0 Å². The van der Waals surface area contributed by atoms with Crippen molar-refractivity contribution < 1.29 is 9.53 Å². The SMILES string of the molecule is Cc1cc(NCC2(C(N)=O)CCOCC2)ncn1. The summed E-state index contributed by atoms with van der Waals surface area (Å²) in [6, 6.07) is 1.84. The van der Waals surface area contributed by atoms with Gasteiger partial charge in [-0.05, 0) is 19.8 Å². The van der Waals surface area contributed by atoms with Gasteiger partial charge in [0.05, 0.1) is 5.41 Å². The van der Waals surface area contributed by atoms with Gasteiger partial charge in [-0.2, -0.15) is 0 Å². The Bertz CT molecular complexity index is 430. The van der Waals surface area contributed by atoms with Crippen molar-refractivity contribution in [3.05, 3.63) is 18.1 Å². The lowest BCUT2D eigenvalue weighted by molar-refractivity contribution is -0.132. The minimum atomic E-state index is -0.531. The molecule has 1 aromatic heterocycles. The van der Waals surface area contributed by atoms with E-state index in [2.05, 4.69) is 15.3 Å². The van der Waals surface area contributed by atoms with Gasteiger partial charge in [-0.25, -0.2) is 9.97 Å². The molecule has 0 aromatic carbocycles. The molecule has 1 amide bonds. The maximum Gasteiger partial charge on any atom is 0.225 e. The molecule has 1 aliphatic heterocycles. The molecule has 2 heterocycles. The Hall–Kier alpha value is -1.69. The molecule has 1 aliphatic rings. The van der Waals surface area contributed by atoms with E-state index in [1.54, 1.807) is 0 Å². The van der Waals surface area contributed by atoms with E-state index in [1.165, 1.54) is 6.33 Å². The zero-order chi connectivity index (χ0) is 13.0. The number of hydrogen-bond acceptors (Lipinski definition) is 5. The summed E-state index contributed by atoms with van der Waals surface area (Å²) < 4.78 is 5.28. The number of anilines is 1. The van der Waals surface area contributed by atoms with Gasteiger partial charge in [-0.15, -0.1) is 0 Å². The molecule has 6 nitrogen and oxygen atoms in total. The van der Waals surface area contributed by atoms with Crippen molar-refractivity contribution in [2.24, 2.45) is 11.1 Å². The average molecular weight is 250 g/mol. The summed E-state index contributed by atoms with van der Waals surface area (Å²) in [4.78, 5) is 19.8. The molecule has 0 unspecified atom stereocenters. The predicted molar refractivity (Wildman–Crippen MR) is 66.9 cm³/mol. The van der Waals surface area contributed by atoms with Crippen molar-refractivity contribution in [1.82, 2.24) is 9.97 Å². The van der Waals surface area contributed by atoms with Crippen molar-refractivity contribution in [3.63, 3.8) is 0 Å². The molecular formula is C12H18N4O2. The number of primary amides is 1. The van der Waals surface area contributed by atoms with E-state index in [0.717, 1.165) is 11.5 Å². The first-order valence-electron chi connectivity index (χ1n) is 6.03. The van der Waals surface area contributed by atoms with Gasteiger partial charge in [0.15, 0.2) is 0 Å². The molecule has 0 aliphatic carbocycles. The number of carbonyl (C=O) groups is 1. The number of nitrogens with zero attached hydrogens (tertiary/aromatic N) is 2. The molecule has 0 saturated carbocycles. The molecular weight excluding hydrogens is 232 g/mol. The quantitative estimate of drug-likeness (QED) is 0.811. The second-order valence-electron chi connectivity index (χ2n) is 4.66. The molecule has 1 saturated heterocycles. The van der Waals surface area contributed by atoms with Crippen molar-refractivity contribution in [2.75, 3.05) is 25.1 Å². The Morgan fingerprint density at radius 3 is 2.83 bits per heavy atom. The smallest absolute Gasteiger partial charge is 0.225 e. The van der Waals surface area contributed by atoms with Crippen molar-refractivity contribution in [3.8, 4) is 0 Å². The maximum atomic E-state index is 11.7. The number of hydrogen-bond donors (Lipinski definition) is 2. The van der Waals surface area contributed by atoms with E-state index >= 15 is 0 Å². The fraction of sp³-hybridized carbons (Fsp3) is 0.583. The van der Waals surface area contributed by atoms with Gasteiger partial charge in [0, 0.05) is 31.5 Å². The number of nitrogens with two attached hydrogens (primary N) is 1. The highest BCUT2D eigenvalue weighted by molar-refractivity contribution is 5.81. The number of nitrogens with one attached hydrogen (secondary N) is 1. The van der Waals surface area contributed by atoms with E-state index in [1.807, 2.05) is 13.0 Å². The van der Waals surface area contributed by atoms with Crippen LogP contribution >= 0.6 is 0 Å². The lowest BCUT2D eigenvalue weighted by Crippen LogP contribution is -2.46. The number of aryl methyl sites for hydroxylation is 1. The normalized spacial score (nSPS) is 18.3. The molecule has 3 N–H and O–H groups in total. The molecule has 2 rings (SSSR count). The lowest BCUT2D eigenvalue weighted by atomic mass is 9.79. The van der Waals surface area contributed by atoms with Gasteiger partial charge in [-0.3, -0.25) is 4.79 Å². The summed E-state index contributed by atoms with van der Waals surface area (Å²) >= 11 is 0. The molecule has 18 heavy (non-hydrogen) atoms. The molecule has 1 aromatic rings. The Morgan fingerprint density at radius 1 is 1.50 bits per heavy atom. The van der Waals surface area contributed by atoms with Crippen molar-refractivity contribution >= 4 is 11.7 Å². The topological polar surface area (TPSA) is 90.1 Å². The fourth-order valence-electron chi connectivity index (χ4n) is 2.08. The third kappa shape index (κ3) is 2.76. The minimum absolute atomic E-state index is 0.274. The molecule has 6 heteroatoms. The third-order valence-corrected chi connectivity index (χ3v) is 3.38. The van der Waals surface area contributed by atoms with E-state index in [9.17, 15) is 4.79 Å². The zero-order valence-electron chi connectivity index (χ0n) is 10.5. The van der Waals surface area contributed by atoms with Gasteiger partial charge in [-0.1, -0.05) is 0 Å². The van der Waals surface area contributed by atoms with Gasteiger partial charge in [0.1, 0.15) is 12.1 Å². The van der Waals surface area contributed by atoms with E-state index < -0.39 is 5.41 Å². The summed E-state index contributed by atoms with van der Waals surface area (Å²) in [6.07, 6.45) is 2.80. The summed E-state index contributed by atoms with van der Waals surface area (Å²) in [5.41, 5.74) is 5.88. The maximum absolute atomic E-state index is 11.7. The van der Waals surface area contributed by atoms with Crippen LogP contribution in [0.3, 0.4) is 0 Å². The van der Waals surface area contributed by atoms with Crippen molar-refractivity contribution in [1.29, 1.82) is 0 Å². The van der Waals surface area contributed by atoms with Crippen LogP contribution in [0.15, 0.2) is 12.4 Å². The Kier molecular flexibility index (Phi) is 3.76. The summed E-state index contributed by atoms with van der Waals surface area (Å²) in [5.74, 6) is 0.443. The van der Waals surface area contributed by atoms with E-state index in [4.69, 9.17) is 10.5 Å². The van der Waals surface area contributed by atoms with Crippen LogP contribution < -0.4 is 11.1 Å². The monoisotopic (exact) mass is 250 g/mol. The summed E-state index contributed by atoms with van der Waals surface area (Å²) in [6.45, 7) is 3.54. The number of carbonyl (C=O) groups excluding carboxylic acids is 1. The minimum Gasteiger partial charge on any atom is -0.381 e. The van der Waals surface area contributed by atoms with Gasteiger partial charge >= 0.3 is 0 Å². The molecule has 0 bridgehead atoms. The van der Waals surface area contributed by atoms with E-state index in [0.29, 0.717) is 32.6 Å². The average Bonchev–Trinajstić information content (AvgIpc) is 2.37. The number of amides is 1. The highest BCUT2D eigenvalue weighted by atomic mass is 16.5. The zero-order valence-corrected chi connectivity index (χ0v) is 10.5. The first-order valence-corrected chi connectivity index (χ1v) is 6.03. The number of rotatable bonds is 4. The highest BCUT2D eigenvalue weighted by Crippen LogP contribution is 2.30. The molecule has 0 spiro atoms. The summed E-state index contributed by atoms with van der Waals surface area (Å²) in [7, 11) is 0. The highest BCUT2D eigenvalue weighted by Gasteiger charge is 2.38. The van der Waals surface area contributed by atoms with Crippen molar-refractivity contribution in [2.45, 2.75) is 19.8 Å². The molecule has 0 atom stereocenters.